The molecule has 1 heterocycles. The van der Waals surface area contributed by atoms with Crippen molar-refractivity contribution in [3.05, 3.63) is 54.6 Å². The molecule has 32 heavy (non-hydrogen) atoms. The second-order valence-corrected chi connectivity index (χ2v) is 7.71. The van der Waals surface area contributed by atoms with Gasteiger partial charge in [0.25, 0.3) is 0 Å². The van der Waals surface area contributed by atoms with Crippen LogP contribution in [0.25, 0.3) is 11.4 Å². The van der Waals surface area contributed by atoms with Crippen LogP contribution in [0.5, 0.6) is 17.2 Å². The van der Waals surface area contributed by atoms with Gasteiger partial charge in [-0.15, -0.1) is 16.8 Å². The highest BCUT2D eigenvalue weighted by molar-refractivity contribution is 7.99. The smallest absolute Gasteiger partial charge is 0.234 e. The lowest BCUT2D eigenvalue weighted by molar-refractivity contribution is -0.113. The summed E-state index contributed by atoms with van der Waals surface area (Å²) < 4.78 is 18.2. The Morgan fingerprint density at radius 1 is 1.12 bits per heavy atom. The van der Waals surface area contributed by atoms with Crippen LogP contribution in [0.3, 0.4) is 0 Å². The number of allylic oxidation sites excluding steroid dienone is 1. The molecule has 3 aromatic rings. The zero-order valence-electron chi connectivity index (χ0n) is 18.5. The van der Waals surface area contributed by atoms with Crippen molar-refractivity contribution in [3.8, 4) is 28.6 Å². The van der Waals surface area contributed by atoms with Crippen molar-refractivity contribution in [2.45, 2.75) is 18.6 Å². The average molecular weight is 455 g/mol. The van der Waals surface area contributed by atoms with Gasteiger partial charge in [0.05, 0.1) is 27.1 Å². The number of carbonyl (C=O) groups excluding carboxylic acids is 1. The molecule has 0 aliphatic heterocycles. The Labute approximate surface area is 191 Å². The summed E-state index contributed by atoms with van der Waals surface area (Å²) in [5.41, 5.74) is 2.54. The summed E-state index contributed by atoms with van der Waals surface area (Å²) in [7, 11) is 4.67. The Kier molecular flexibility index (Phi) is 7.77. The number of rotatable bonds is 10. The van der Waals surface area contributed by atoms with E-state index in [9.17, 15) is 4.79 Å². The molecule has 0 aliphatic rings. The third-order valence-electron chi connectivity index (χ3n) is 4.70. The Bertz CT molecular complexity index is 1090. The SMILES string of the molecule is C=CCn1c(SCC(=O)Nc2ccccc2C)nnc1-c1cc(OC)c(OC)c(OC)c1. The van der Waals surface area contributed by atoms with Gasteiger partial charge in [-0.2, -0.15) is 0 Å². The molecule has 8 nitrogen and oxygen atoms in total. The molecule has 0 fully saturated rings. The van der Waals surface area contributed by atoms with Crippen LogP contribution >= 0.6 is 11.8 Å². The first-order chi connectivity index (χ1) is 15.5. The van der Waals surface area contributed by atoms with E-state index in [4.69, 9.17) is 14.2 Å². The van der Waals surface area contributed by atoms with Gasteiger partial charge in [0.15, 0.2) is 22.5 Å². The van der Waals surface area contributed by atoms with E-state index in [2.05, 4.69) is 22.1 Å². The van der Waals surface area contributed by atoms with Crippen molar-refractivity contribution in [3.63, 3.8) is 0 Å². The lowest BCUT2D eigenvalue weighted by Crippen LogP contribution is -2.15. The van der Waals surface area contributed by atoms with Gasteiger partial charge in [-0.05, 0) is 30.7 Å². The Morgan fingerprint density at radius 2 is 1.81 bits per heavy atom. The van der Waals surface area contributed by atoms with Crippen molar-refractivity contribution >= 4 is 23.4 Å². The second kappa shape index (κ2) is 10.7. The van der Waals surface area contributed by atoms with Gasteiger partial charge in [-0.25, -0.2) is 0 Å². The topological polar surface area (TPSA) is 87.5 Å². The molecular formula is C23H26N4O4S. The van der Waals surface area contributed by atoms with E-state index in [1.807, 2.05) is 47.9 Å². The first-order valence-corrected chi connectivity index (χ1v) is 10.8. The predicted molar refractivity (Wildman–Crippen MR) is 126 cm³/mol. The van der Waals surface area contributed by atoms with Crippen LogP contribution in [-0.4, -0.2) is 47.8 Å². The number of nitrogens with zero attached hydrogens (tertiary/aromatic N) is 3. The van der Waals surface area contributed by atoms with Crippen LogP contribution < -0.4 is 19.5 Å². The fraction of sp³-hybridized carbons (Fsp3) is 0.261. The fourth-order valence-corrected chi connectivity index (χ4v) is 3.89. The zero-order valence-corrected chi connectivity index (χ0v) is 19.4. The highest BCUT2D eigenvalue weighted by atomic mass is 32.2. The average Bonchev–Trinajstić information content (AvgIpc) is 3.21. The maximum absolute atomic E-state index is 12.5. The fourth-order valence-electron chi connectivity index (χ4n) is 3.14. The summed E-state index contributed by atoms with van der Waals surface area (Å²) in [5.74, 6) is 2.20. The number of benzene rings is 2. The molecule has 0 aliphatic carbocycles. The Morgan fingerprint density at radius 3 is 2.41 bits per heavy atom. The van der Waals surface area contributed by atoms with Crippen LogP contribution in [0.15, 0.2) is 54.2 Å². The highest BCUT2D eigenvalue weighted by Crippen LogP contribution is 2.41. The lowest BCUT2D eigenvalue weighted by atomic mass is 10.1. The van der Waals surface area contributed by atoms with Crippen molar-refractivity contribution in [1.82, 2.24) is 14.8 Å². The number of hydrogen-bond acceptors (Lipinski definition) is 7. The molecule has 0 saturated carbocycles. The normalized spacial score (nSPS) is 10.5. The van der Waals surface area contributed by atoms with Crippen LogP contribution in [0, 0.1) is 6.92 Å². The summed E-state index contributed by atoms with van der Waals surface area (Å²) >= 11 is 1.31. The summed E-state index contributed by atoms with van der Waals surface area (Å²) in [5, 5.41) is 12.2. The number of anilines is 1. The molecule has 1 N–H and O–H groups in total. The molecule has 0 saturated heterocycles. The van der Waals surface area contributed by atoms with Crippen molar-refractivity contribution in [2.75, 3.05) is 32.4 Å². The summed E-state index contributed by atoms with van der Waals surface area (Å²) in [6.07, 6.45) is 1.75. The number of hydrogen-bond donors (Lipinski definition) is 1. The quantitative estimate of drug-likeness (QED) is 0.363. The minimum absolute atomic E-state index is 0.119. The molecule has 168 valence electrons. The summed E-state index contributed by atoms with van der Waals surface area (Å²) in [6.45, 7) is 6.26. The number of carbonyl (C=O) groups is 1. The van der Waals surface area contributed by atoms with Crippen LogP contribution in [0.4, 0.5) is 5.69 Å². The van der Waals surface area contributed by atoms with Crippen molar-refractivity contribution in [2.24, 2.45) is 0 Å². The van der Waals surface area contributed by atoms with E-state index >= 15 is 0 Å². The van der Waals surface area contributed by atoms with E-state index in [0.29, 0.717) is 34.8 Å². The monoisotopic (exact) mass is 454 g/mol. The number of thioether (sulfide) groups is 1. The molecule has 9 heteroatoms. The van der Waals surface area contributed by atoms with Gasteiger partial charge in [-0.3, -0.25) is 9.36 Å². The number of para-hydroxylation sites is 1. The minimum Gasteiger partial charge on any atom is -0.493 e. The summed E-state index contributed by atoms with van der Waals surface area (Å²) in [6, 6.07) is 11.3. The number of amides is 1. The molecule has 0 radical (unpaired) electrons. The van der Waals surface area contributed by atoms with Gasteiger partial charge in [0.2, 0.25) is 11.7 Å². The largest absolute Gasteiger partial charge is 0.493 e. The Balaban J connectivity index is 1.85. The van der Waals surface area contributed by atoms with E-state index in [-0.39, 0.29) is 11.7 Å². The third-order valence-corrected chi connectivity index (χ3v) is 5.67. The van der Waals surface area contributed by atoms with Crippen LogP contribution in [-0.2, 0) is 11.3 Å². The molecular weight excluding hydrogens is 428 g/mol. The van der Waals surface area contributed by atoms with E-state index < -0.39 is 0 Å². The van der Waals surface area contributed by atoms with Crippen LogP contribution in [0.2, 0.25) is 0 Å². The Hall–Kier alpha value is -3.46. The van der Waals surface area contributed by atoms with Gasteiger partial charge < -0.3 is 19.5 Å². The molecule has 0 bridgehead atoms. The maximum Gasteiger partial charge on any atom is 0.234 e. The highest BCUT2D eigenvalue weighted by Gasteiger charge is 2.20. The van der Waals surface area contributed by atoms with E-state index in [1.165, 1.54) is 11.8 Å². The second-order valence-electron chi connectivity index (χ2n) is 6.77. The lowest BCUT2D eigenvalue weighted by Gasteiger charge is -2.14. The van der Waals surface area contributed by atoms with Gasteiger partial charge in [0.1, 0.15) is 0 Å². The molecule has 0 atom stereocenters. The van der Waals surface area contributed by atoms with Gasteiger partial charge in [-0.1, -0.05) is 36.0 Å². The summed E-state index contributed by atoms with van der Waals surface area (Å²) in [4.78, 5) is 12.5. The zero-order chi connectivity index (χ0) is 23.1. The van der Waals surface area contributed by atoms with E-state index in [1.54, 1.807) is 27.4 Å². The number of nitrogens with one attached hydrogen (secondary N) is 1. The molecule has 1 amide bonds. The van der Waals surface area contributed by atoms with Gasteiger partial charge >= 0.3 is 0 Å². The first-order valence-electron chi connectivity index (χ1n) is 9.85. The van der Waals surface area contributed by atoms with Crippen LogP contribution in [0.1, 0.15) is 5.56 Å². The number of ether oxygens (including phenoxy) is 3. The van der Waals surface area contributed by atoms with E-state index in [0.717, 1.165) is 16.8 Å². The maximum atomic E-state index is 12.5. The number of aromatic nitrogens is 3. The number of aryl methyl sites for hydroxylation is 1. The first kappa shape index (κ1) is 23.2. The minimum atomic E-state index is -0.119. The molecule has 1 aromatic heterocycles. The third kappa shape index (κ3) is 5.05. The van der Waals surface area contributed by atoms with Crippen molar-refractivity contribution < 1.29 is 19.0 Å². The molecule has 0 unspecified atom stereocenters. The molecule has 3 rings (SSSR count). The van der Waals surface area contributed by atoms with Gasteiger partial charge in [0, 0.05) is 17.8 Å². The molecule has 0 spiro atoms. The molecule has 2 aromatic carbocycles. The number of methoxy groups -OCH3 is 3. The standard InChI is InChI=1S/C23H26N4O4S/c1-6-11-27-22(16-12-18(29-3)21(31-5)19(13-16)30-4)25-26-23(27)32-14-20(28)24-17-10-8-7-9-15(17)2/h6-10,12-13H,1,11,14H2,2-5H3,(H,24,28). The van der Waals surface area contributed by atoms with Crippen molar-refractivity contribution in [1.29, 1.82) is 0 Å². The predicted octanol–water partition coefficient (Wildman–Crippen LogP) is 4.20.